The topological polar surface area (TPSA) is 283 Å². The first-order valence-electron chi connectivity index (χ1n) is 10.4. The Kier molecular flexibility index (Phi) is 8.65. The highest BCUT2D eigenvalue weighted by atomic mass is 16.8. The molecule has 0 radical (unpaired) electrons. The Hall–Kier alpha value is -1.58. The third-order valence-corrected chi connectivity index (χ3v) is 5.99. The van der Waals surface area contributed by atoms with Gasteiger partial charge in [0.05, 0.1) is 6.10 Å². The minimum Gasteiger partial charge on any atom is -0.479 e. The van der Waals surface area contributed by atoms with E-state index < -0.39 is 104 Å². The average Bonchev–Trinajstić information content (AvgIpc) is 2.79. The van der Waals surface area contributed by atoms with Gasteiger partial charge < -0.3 is 74.7 Å². The minimum atomic E-state index is -2.08. The maximum atomic E-state index is 11.6. The van der Waals surface area contributed by atoms with Gasteiger partial charge in [0.1, 0.15) is 54.9 Å². The second-order valence-corrected chi connectivity index (χ2v) is 8.39. The van der Waals surface area contributed by atoms with Crippen LogP contribution in [0.5, 0.6) is 0 Å². The van der Waals surface area contributed by atoms with E-state index in [0.717, 1.165) is 0 Å². The molecule has 3 rings (SSSR count). The molecule has 3 aliphatic heterocycles. The second-order valence-electron chi connectivity index (χ2n) is 8.39. The molecule has 0 aliphatic carbocycles. The van der Waals surface area contributed by atoms with Crippen LogP contribution in [0.3, 0.4) is 0 Å². The van der Waals surface area contributed by atoms with Crippen LogP contribution in [-0.2, 0) is 33.3 Å². The highest BCUT2D eigenvalue weighted by Crippen LogP contribution is 2.32. The largest absolute Gasteiger partial charge is 0.479 e. The van der Waals surface area contributed by atoms with Gasteiger partial charge >= 0.3 is 11.9 Å². The molecule has 0 bridgehead atoms. The summed E-state index contributed by atoms with van der Waals surface area (Å²) in [7, 11) is 0. The summed E-state index contributed by atoms with van der Waals surface area (Å²) >= 11 is 0. The zero-order valence-corrected chi connectivity index (χ0v) is 18.0. The molecule has 0 unspecified atom stereocenters. The first-order chi connectivity index (χ1) is 16.3. The van der Waals surface area contributed by atoms with Crippen molar-refractivity contribution in [1.82, 2.24) is 0 Å². The molecular weight excluding hydrogens is 488 g/mol. The Labute approximate surface area is 196 Å². The number of rotatable bonds is 6. The van der Waals surface area contributed by atoms with Crippen LogP contribution >= 0.6 is 0 Å². The van der Waals surface area contributed by atoms with Gasteiger partial charge in [-0.1, -0.05) is 0 Å². The van der Waals surface area contributed by atoms with Gasteiger partial charge in [-0.2, -0.15) is 0 Å². The summed E-state index contributed by atoms with van der Waals surface area (Å²) in [6.07, 6.45) is -28.8. The molecule has 3 heterocycles. The van der Waals surface area contributed by atoms with Gasteiger partial charge in [0.15, 0.2) is 31.1 Å². The van der Waals surface area contributed by atoms with E-state index in [1.807, 2.05) is 0 Å². The van der Waals surface area contributed by atoms with Crippen molar-refractivity contribution in [2.45, 2.75) is 99.0 Å². The summed E-state index contributed by atoms with van der Waals surface area (Å²) in [5.74, 6) is -3.44. The molecule has 0 aromatic carbocycles. The number of aliphatic hydroxyl groups excluding tert-OH is 8. The summed E-state index contributed by atoms with van der Waals surface area (Å²) in [6.45, 7) is 1.29. The summed E-state index contributed by atoms with van der Waals surface area (Å²) in [5, 5.41) is 99.0. The van der Waals surface area contributed by atoms with Gasteiger partial charge in [0.25, 0.3) is 0 Å². The Morgan fingerprint density at radius 2 is 1.11 bits per heavy atom. The van der Waals surface area contributed by atoms with Crippen LogP contribution in [0.2, 0.25) is 0 Å². The standard InChI is InChI=1S/C18H28O17/c1-2-3(19)5(21)12(35-17-9(25)4(20)6(22)11(34-17)14(26)27)18(31-2)33-10-7(23)8(24)16(30)32-13(10)15(28)29/h2-13,16-25,30H,1H3,(H,26,27)(H,28,29)/t2-,3-,4-,5+,6+,7+,8+,9+,10+,11-,12+,13-,16-,17+,18-/m0/s1. The predicted molar refractivity (Wildman–Crippen MR) is 101 cm³/mol. The number of hydrogen-bond donors (Lipinski definition) is 10. The molecule has 35 heavy (non-hydrogen) atoms. The number of carboxylic acids is 2. The minimum absolute atomic E-state index is 1.17. The lowest BCUT2D eigenvalue weighted by Gasteiger charge is -2.47. The molecule has 0 aromatic rings. The molecule has 202 valence electrons. The maximum absolute atomic E-state index is 11.6. The number of carbonyl (C=O) groups is 2. The fraction of sp³-hybridized carbons (Fsp3) is 0.889. The summed E-state index contributed by atoms with van der Waals surface area (Å²) < 4.78 is 25.9. The smallest absolute Gasteiger partial charge is 0.335 e. The van der Waals surface area contributed by atoms with E-state index in [4.69, 9.17) is 23.7 Å². The number of aliphatic carboxylic acids is 2. The van der Waals surface area contributed by atoms with Crippen LogP contribution < -0.4 is 0 Å². The fourth-order valence-corrected chi connectivity index (χ4v) is 3.93. The second kappa shape index (κ2) is 10.8. The lowest BCUT2D eigenvalue weighted by atomic mass is 9.96. The van der Waals surface area contributed by atoms with Gasteiger partial charge in [0.2, 0.25) is 0 Å². The summed E-state index contributed by atoms with van der Waals surface area (Å²) in [6, 6.07) is 0. The lowest BCUT2D eigenvalue weighted by molar-refractivity contribution is -0.380. The lowest BCUT2D eigenvalue weighted by Crippen LogP contribution is -2.66. The highest BCUT2D eigenvalue weighted by molar-refractivity contribution is 5.73. The fourth-order valence-electron chi connectivity index (χ4n) is 3.93. The maximum Gasteiger partial charge on any atom is 0.335 e. The molecule has 15 atom stereocenters. The van der Waals surface area contributed by atoms with Crippen LogP contribution in [0.4, 0.5) is 0 Å². The molecule has 0 saturated carbocycles. The number of aliphatic hydroxyl groups is 8. The predicted octanol–water partition coefficient (Wildman–Crippen LogP) is -6.36. The molecule has 3 fully saturated rings. The van der Waals surface area contributed by atoms with Crippen molar-refractivity contribution in [3.63, 3.8) is 0 Å². The van der Waals surface area contributed by atoms with Crippen LogP contribution in [-0.4, -0.2) is 155 Å². The first kappa shape index (κ1) is 28.0. The van der Waals surface area contributed by atoms with Gasteiger partial charge in [-0.05, 0) is 6.92 Å². The SMILES string of the molecule is C[C@@H]1O[C@@H](O[C@@H]2[C@H](O)[C@@H](O)[C@@H](O)O[C@@H]2C(=O)O)[C@H](O[C@H]2O[C@H](C(=O)O)[C@H](O)[C@H](O)[C@H]2O)[C@H](O)[C@H]1O. The highest BCUT2D eigenvalue weighted by Gasteiger charge is 2.55. The first-order valence-corrected chi connectivity index (χ1v) is 10.4. The Morgan fingerprint density at radius 1 is 0.571 bits per heavy atom. The van der Waals surface area contributed by atoms with Crippen molar-refractivity contribution in [1.29, 1.82) is 0 Å². The number of ether oxygens (including phenoxy) is 5. The normalized spacial score (nSPS) is 51.1. The monoisotopic (exact) mass is 516 g/mol. The van der Waals surface area contributed by atoms with Crippen LogP contribution in [0.15, 0.2) is 0 Å². The van der Waals surface area contributed by atoms with Gasteiger partial charge in [-0.15, -0.1) is 0 Å². The van der Waals surface area contributed by atoms with Crippen molar-refractivity contribution < 1.29 is 84.3 Å². The zero-order valence-electron chi connectivity index (χ0n) is 18.0. The van der Waals surface area contributed by atoms with Crippen molar-refractivity contribution in [3.05, 3.63) is 0 Å². The van der Waals surface area contributed by atoms with Crippen LogP contribution in [0.1, 0.15) is 6.92 Å². The molecule has 0 amide bonds. The van der Waals surface area contributed by atoms with E-state index >= 15 is 0 Å². The van der Waals surface area contributed by atoms with Gasteiger partial charge in [0, 0.05) is 0 Å². The quantitative estimate of drug-likeness (QED) is 0.157. The molecule has 0 aromatic heterocycles. The van der Waals surface area contributed by atoms with Gasteiger partial charge in [-0.3, -0.25) is 0 Å². The molecular formula is C18H28O17. The Morgan fingerprint density at radius 3 is 1.69 bits per heavy atom. The molecule has 3 saturated heterocycles. The van der Waals surface area contributed by atoms with E-state index in [-0.39, 0.29) is 0 Å². The molecule has 17 nitrogen and oxygen atoms in total. The molecule has 3 aliphatic rings. The Bertz CT molecular complexity index is 765. The van der Waals surface area contributed by atoms with E-state index in [9.17, 15) is 60.7 Å². The molecule has 10 N–H and O–H groups in total. The van der Waals surface area contributed by atoms with E-state index in [0.29, 0.717) is 0 Å². The Balaban J connectivity index is 1.86. The summed E-state index contributed by atoms with van der Waals surface area (Å²) in [5.41, 5.74) is 0. The summed E-state index contributed by atoms with van der Waals surface area (Å²) in [4.78, 5) is 22.9. The third kappa shape index (κ3) is 5.42. The average molecular weight is 516 g/mol. The molecule has 17 heteroatoms. The van der Waals surface area contributed by atoms with E-state index in [1.54, 1.807) is 0 Å². The third-order valence-electron chi connectivity index (χ3n) is 5.99. The van der Waals surface area contributed by atoms with Gasteiger partial charge in [-0.25, -0.2) is 9.59 Å². The van der Waals surface area contributed by atoms with Crippen LogP contribution in [0.25, 0.3) is 0 Å². The van der Waals surface area contributed by atoms with E-state index in [1.165, 1.54) is 6.92 Å². The van der Waals surface area contributed by atoms with E-state index in [2.05, 4.69) is 0 Å². The van der Waals surface area contributed by atoms with Crippen molar-refractivity contribution >= 4 is 11.9 Å². The number of carboxylic acid groups (broad SMARTS) is 2. The van der Waals surface area contributed by atoms with Crippen molar-refractivity contribution in [2.24, 2.45) is 0 Å². The van der Waals surface area contributed by atoms with Crippen molar-refractivity contribution in [2.75, 3.05) is 0 Å². The van der Waals surface area contributed by atoms with Crippen LogP contribution in [0, 0.1) is 0 Å². The number of hydrogen-bond acceptors (Lipinski definition) is 15. The van der Waals surface area contributed by atoms with Crippen molar-refractivity contribution in [3.8, 4) is 0 Å². The zero-order chi connectivity index (χ0) is 26.4. The molecule has 0 spiro atoms.